The summed E-state index contributed by atoms with van der Waals surface area (Å²) in [4.78, 5) is 14.4. The summed E-state index contributed by atoms with van der Waals surface area (Å²) in [5, 5.41) is 3.40. The molecule has 1 aromatic rings. The van der Waals surface area contributed by atoms with Crippen molar-refractivity contribution in [3.63, 3.8) is 0 Å². The molecule has 1 aliphatic carbocycles. The van der Waals surface area contributed by atoms with Gasteiger partial charge in [0.25, 0.3) is 0 Å². The fraction of sp³-hybridized carbons (Fsp3) is 0.562. The van der Waals surface area contributed by atoms with Gasteiger partial charge in [0.1, 0.15) is 0 Å². The van der Waals surface area contributed by atoms with Crippen LogP contribution in [0.2, 0.25) is 0 Å². The number of carbonyl (C=O) groups excluding carboxylic acids is 1. The van der Waals surface area contributed by atoms with Crippen molar-refractivity contribution in [3.05, 3.63) is 35.4 Å². The minimum absolute atomic E-state index is 0.0113. The maximum atomic E-state index is 13.2. The summed E-state index contributed by atoms with van der Waals surface area (Å²) in [6.07, 6.45) is 4.50. The Balaban J connectivity index is 1.64. The van der Waals surface area contributed by atoms with Crippen molar-refractivity contribution < 1.29 is 13.6 Å². The Morgan fingerprint density at radius 1 is 1.24 bits per heavy atom. The van der Waals surface area contributed by atoms with Crippen molar-refractivity contribution in [2.75, 3.05) is 13.1 Å². The Morgan fingerprint density at radius 2 is 2.05 bits per heavy atom. The summed E-state index contributed by atoms with van der Waals surface area (Å²) in [6.45, 7) is 1.74. The number of halogens is 2. The fourth-order valence-electron chi connectivity index (χ4n) is 2.92. The van der Waals surface area contributed by atoms with Crippen molar-refractivity contribution in [1.82, 2.24) is 10.2 Å². The lowest BCUT2D eigenvalue weighted by atomic mass is 10.1. The minimum atomic E-state index is -0.893. The van der Waals surface area contributed by atoms with Gasteiger partial charge in [0, 0.05) is 18.6 Å². The molecule has 2 aliphatic rings. The van der Waals surface area contributed by atoms with Crippen molar-refractivity contribution in [3.8, 4) is 0 Å². The van der Waals surface area contributed by atoms with E-state index >= 15 is 0 Å². The van der Waals surface area contributed by atoms with Crippen LogP contribution in [-0.4, -0.2) is 36.0 Å². The molecule has 0 spiro atoms. The maximum absolute atomic E-state index is 13.2. The summed E-state index contributed by atoms with van der Waals surface area (Å²) >= 11 is 0. The van der Waals surface area contributed by atoms with E-state index < -0.39 is 11.6 Å². The van der Waals surface area contributed by atoms with Crippen molar-refractivity contribution >= 4 is 5.91 Å². The van der Waals surface area contributed by atoms with E-state index in [0.717, 1.165) is 50.9 Å². The van der Waals surface area contributed by atoms with Gasteiger partial charge in [0.2, 0.25) is 5.91 Å². The van der Waals surface area contributed by atoms with Crippen LogP contribution in [0, 0.1) is 11.6 Å². The maximum Gasteiger partial charge on any atom is 0.227 e. The molecule has 1 aliphatic heterocycles. The van der Waals surface area contributed by atoms with Gasteiger partial charge in [-0.05, 0) is 49.9 Å². The van der Waals surface area contributed by atoms with E-state index in [1.807, 2.05) is 4.90 Å². The predicted octanol–water partition coefficient (Wildman–Crippen LogP) is 2.25. The average Bonchev–Trinajstić information content (AvgIpc) is 3.16. The highest BCUT2D eigenvalue weighted by Gasteiger charge is 2.34. The second-order valence-electron chi connectivity index (χ2n) is 6.00. The van der Waals surface area contributed by atoms with E-state index in [9.17, 15) is 13.6 Å². The molecule has 1 heterocycles. The summed E-state index contributed by atoms with van der Waals surface area (Å²) in [7, 11) is 0. The smallest absolute Gasteiger partial charge is 0.227 e. The molecule has 1 N–H and O–H groups in total. The first-order valence-electron chi connectivity index (χ1n) is 7.60. The van der Waals surface area contributed by atoms with Crippen LogP contribution in [0.1, 0.15) is 31.2 Å². The van der Waals surface area contributed by atoms with E-state index in [-0.39, 0.29) is 12.3 Å². The molecule has 1 unspecified atom stereocenters. The molecule has 3 nitrogen and oxygen atoms in total. The quantitative estimate of drug-likeness (QED) is 0.903. The van der Waals surface area contributed by atoms with E-state index in [2.05, 4.69) is 5.32 Å². The molecular formula is C16H20F2N2O. The normalized spacial score (nSPS) is 21.5. The van der Waals surface area contributed by atoms with Crippen LogP contribution >= 0.6 is 0 Å². The van der Waals surface area contributed by atoms with E-state index in [0.29, 0.717) is 17.6 Å². The summed E-state index contributed by atoms with van der Waals surface area (Å²) in [5.74, 6) is -1.76. The Bertz CT molecular complexity index is 525. The zero-order valence-electron chi connectivity index (χ0n) is 11.9. The van der Waals surface area contributed by atoms with Crippen molar-refractivity contribution in [1.29, 1.82) is 0 Å². The Hall–Kier alpha value is -1.49. The van der Waals surface area contributed by atoms with Gasteiger partial charge in [-0.2, -0.15) is 0 Å². The first-order chi connectivity index (χ1) is 10.1. The molecule has 21 heavy (non-hydrogen) atoms. The van der Waals surface area contributed by atoms with Gasteiger partial charge in [-0.15, -0.1) is 0 Å². The number of amides is 1. The topological polar surface area (TPSA) is 32.3 Å². The van der Waals surface area contributed by atoms with Gasteiger partial charge in [-0.1, -0.05) is 6.07 Å². The molecular weight excluding hydrogens is 274 g/mol. The Labute approximate surface area is 123 Å². The Morgan fingerprint density at radius 3 is 2.67 bits per heavy atom. The standard InChI is InChI=1S/C16H20F2N2O/c17-14-6-3-11(8-15(14)18)9-16(21)20(13-4-5-13)10-12-2-1-7-19-12/h3,6,8,12-13,19H,1-2,4-5,7,9-10H2. The lowest BCUT2D eigenvalue weighted by molar-refractivity contribution is -0.131. The van der Waals surface area contributed by atoms with Gasteiger partial charge < -0.3 is 10.2 Å². The van der Waals surface area contributed by atoms with Gasteiger partial charge in [0.15, 0.2) is 11.6 Å². The molecule has 114 valence electrons. The highest BCUT2D eigenvalue weighted by atomic mass is 19.2. The second kappa shape index (κ2) is 6.10. The highest BCUT2D eigenvalue weighted by molar-refractivity contribution is 5.79. The summed E-state index contributed by atoms with van der Waals surface area (Å²) < 4.78 is 26.1. The number of nitrogens with zero attached hydrogens (tertiary/aromatic N) is 1. The number of benzene rings is 1. The molecule has 2 fully saturated rings. The van der Waals surface area contributed by atoms with E-state index in [4.69, 9.17) is 0 Å². The fourth-order valence-corrected chi connectivity index (χ4v) is 2.92. The highest BCUT2D eigenvalue weighted by Crippen LogP contribution is 2.28. The number of hydrogen-bond donors (Lipinski definition) is 1. The molecule has 0 bridgehead atoms. The monoisotopic (exact) mass is 294 g/mol. The first kappa shape index (κ1) is 14.4. The lowest BCUT2D eigenvalue weighted by Gasteiger charge is -2.26. The van der Waals surface area contributed by atoms with Crippen LogP contribution in [-0.2, 0) is 11.2 Å². The summed E-state index contributed by atoms with van der Waals surface area (Å²) in [6, 6.07) is 4.39. The third kappa shape index (κ3) is 3.59. The minimum Gasteiger partial charge on any atom is -0.338 e. The van der Waals surface area contributed by atoms with Gasteiger partial charge in [-0.3, -0.25) is 4.79 Å². The van der Waals surface area contributed by atoms with Gasteiger partial charge in [0.05, 0.1) is 6.42 Å². The SMILES string of the molecule is O=C(Cc1ccc(F)c(F)c1)N(CC1CCCN1)C1CC1. The largest absolute Gasteiger partial charge is 0.338 e. The third-order valence-electron chi connectivity index (χ3n) is 4.23. The molecule has 1 saturated heterocycles. The van der Waals surface area contributed by atoms with Gasteiger partial charge in [-0.25, -0.2) is 8.78 Å². The second-order valence-corrected chi connectivity index (χ2v) is 6.00. The molecule has 0 radical (unpaired) electrons. The molecule has 1 aromatic carbocycles. The number of rotatable bonds is 5. The van der Waals surface area contributed by atoms with Crippen molar-refractivity contribution in [2.24, 2.45) is 0 Å². The number of hydrogen-bond acceptors (Lipinski definition) is 2. The van der Waals surface area contributed by atoms with Crippen LogP contribution in [0.4, 0.5) is 8.78 Å². The van der Waals surface area contributed by atoms with E-state index in [1.165, 1.54) is 6.07 Å². The number of carbonyl (C=O) groups is 1. The summed E-state index contributed by atoms with van der Waals surface area (Å²) in [5.41, 5.74) is 0.531. The van der Waals surface area contributed by atoms with E-state index in [1.54, 1.807) is 0 Å². The zero-order chi connectivity index (χ0) is 14.8. The average molecular weight is 294 g/mol. The van der Waals surface area contributed by atoms with Gasteiger partial charge >= 0.3 is 0 Å². The zero-order valence-corrected chi connectivity index (χ0v) is 11.9. The van der Waals surface area contributed by atoms with Crippen LogP contribution in [0.15, 0.2) is 18.2 Å². The van der Waals surface area contributed by atoms with Crippen LogP contribution < -0.4 is 5.32 Å². The number of nitrogens with one attached hydrogen (secondary N) is 1. The predicted molar refractivity (Wildman–Crippen MR) is 75.8 cm³/mol. The van der Waals surface area contributed by atoms with Crippen LogP contribution in [0.25, 0.3) is 0 Å². The molecule has 1 amide bonds. The molecule has 5 heteroatoms. The first-order valence-corrected chi connectivity index (χ1v) is 7.60. The lowest BCUT2D eigenvalue weighted by Crippen LogP contribution is -2.43. The molecule has 3 rings (SSSR count). The van der Waals surface area contributed by atoms with Crippen molar-refractivity contribution in [2.45, 2.75) is 44.2 Å². The van der Waals surface area contributed by atoms with Crippen LogP contribution in [0.3, 0.4) is 0 Å². The third-order valence-corrected chi connectivity index (χ3v) is 4.23. The molecule has 0 aromatic heterocycles. The molecule has 1 atom stereocenters. The molecule has 1 saturated carbocycles. The Kier molecular flexibility index (Phi) is 4.19. The van der Waals surface area contributed by atoms with Crippen LogP contribution in [0.5, 0.6) is 0 Å².